The molecule has 6 rings (SSSR count). The van der Waals surface area contributed by atoms with Crippen LogP contribution in [0, 0.1) is 17.3 Å². The highest BCUT2D eigenvalue weighted by Gasteiger charge is 2.56. The van der Waals surface area contributed by atoms with E-state index in [1.807, 2.05) is 4.90 Å². The van der Waals surface area contributed by atoms with E-state index >= 15 is 0 Å². The maximum absolute atomic E-state index is 13.8. The molecule has 0 radical (unpaired) electrons. The Morgan fingerprint density at radius 2 is 1.78 bits per heavy atom. The molecule has 37 heavy (non-hydrogen) atoms. The van der Waals surface area contributed by atoms with Crippen molar-refractivity contribution in [2.24, 2.45) is 17.3 Å². The van der Waals surface area contributed by atoms with Crippen molar-refractivity contribution < 1.29 is 9.59 Å². The van der Waals surface area contributed by atoms with E-state index in [1.54, 1.807) is 6.20 Å². The van der Waals surface area contributed by atoms with Gasteiger partial charge in [-0.2, -0.15) is 4.98 Å². The molecule has 2 N–H and O–H groups in total. The van der Waals surface area contributed by atoms with Crippen LogP contribution in [0.2, 0.25) is 0 Å². The Balaban J connectivity index is 1.22. The Bertz CT molecular complexity index is 1170. The van der Waals surface area contributed by atoms with Crippen molar-refractivity contribution in [3.05, 3.63) is 36.0 Å². The minimum atomic E-state index is -1.01. The van der Waals surface area contributed by atoms with E-state index in [0.29, 0.717) is 31.2 Å². The lowest BCUT2D eigenvalue weighted by molar-refractivity contribution is -0.140. The van der Waals surface area contributed by atoms with Crippen LogP contribution < -0.4 is 20.4 Å². The van der Waals surface area contributed by atoms with Crippen molar-refractivity contribution in [3.8, 4) is 0 Å². The molecule has 4 heterocycles. The van der Waals surface area contributed by atoms with Gasteiger partial charge in [-0.1, -0.05) is 26.7 Å². The van der Waals surface area contributed by atoms with Gasteiger partial charge in [0, 0.05) is 55.2 Å². The number of amides is 2. The van der Waals surface area contributed by atoms with Crippen LogP contribution in [-0.4, -0.2) is 47.5 Å². The maximum atomic E-state index is 13.8. The van der Waals surface area contributed by atoms with Gasteiger partial charge in [0.05, 0.1) is 0 Å². The summed E-state index contributed by atoms with van der Waals surface area (Å²) in [6, 6.07) is 8.56. The number of hydrogen-bond acceptors (Lipinski definition) is 6. The van der Waals surface area contributed by atoms with Gasteiger partial charge in [0.2, 0.25) is 17.8 Å². The van der Waals surface area contributed by atoms with Crippen LogP contribution in [0.15, 0.2) is 30.5 Å². The molecule has 1 atom stereocenters. The van der Waals surface area contributed by atoms with E-state index in [9.17, 15) is 9.59 Å². The van der Waals surface area contributed by atoms with Gasteiger partial charge in [0.1, 0.15) is 11.2 Å². The molecular formula is C29H38N6O2. The van der Waals surface area contributed by atoms with Gasteiger partial charge in [0.15, 0.2) is 0 Å². The molecule has 1 aliphatic carbocycles. The standard InChI is InChI=1S/C29H38N6O2/c1-19(2)20-11-15-34(16-12-20)23-9-7-22(8-10-23)32-28-31-18-21-17-29(13-14-30-26(29)36)27(37)35(25(21)33-28)24-5-3-4-6-24/h7-10,18-20,24H,3-6,11-17H2,1-2H3,(H,30,36)(H,31,32,33)/t29-/m1/s1. The maximum Gasteiger partial charge on any atom is 0.244 e. The van der Waals surface area contributed by atoms with Gasteiger partial charge in [-0.3, -0.25) is 14.5 Å². The zero-order valence-corrected chi connectivity index (χ0v) is 22.0. The number of aromatic nitrogens is 2. The Morgan fingerprint density at radius 1 is 1.05 bits per heavy atom. The number of nitrogens with one attached hydrogen (secondary N) is 2. The summed E-state index contributed by atoms with van der Waals surface area (Å²) in [6.45, 7) is 7.42. The summed E-state index contributed by atoms with van der Waals surface area (Å²) in [5.41, 5.74) is 2.04. The second-order valence-corrected chi connectivity index (χ2v) is 11.7. The van der Waals surface area contributed by atoms with Crippen LogP contribution in [0.4, 0.5) is 23.1 Å². The Hall–Kier alpha value is -3.16. The largest absolute Gasteiger partial charge is 0.372 e. The smallest absolute Gasteiger partial charge is 0.244 e. The highest BCUT2D eigenvalue weighted by Crippen LogP contribution is 2.44. The van der Waals surface area contributed by atoms with Crippen molar-refractivity contribution in [2.45, 2.75) is 71.3 Å². The summed E-state index contributed by atoms with van der Waals surface area (Å²) in [7, 11) is 0. The number of benzene rings is 1. The third kappa shape index (κ3) is 4.34. The summed E-state index contributed by atoms with van der Waals surface area (Å²) in [5, 5.41) is 6.23. The first-order valence-electron chi connectivity index (χ1n) is 14.0. The minimum Gasteiger partial charge on any atom is -0.372 e. The number of nitrogens with zero attached hydrogens (tertiary/aromatic N) is 4. The number of anilines is 4. The van der Waals surface area contributed by atoms with Crippen LogP contribution in [0.5, 0.6) is 0 Å². The van der Waals surface area contributed by atoms with Crippen LogP contribution >= 0.6 is 0 Å². The molecule has 1 aromatic heterocycles. The molecule has 1 saturated carbocycles. The van der Waals surface area contributed by atoms with Gasteiger partial charge < -0.3 is 15.5 Å². The lowest BCUT2D eigenvalue weighted by Gasteiger charge is -2.40. The molecule has 196 valence electrons. The number of fused-ring (bicyclic) bond motifs is 1. The van der Waals surface area contributed by atoms with Gasteiger partial charge >= 0.3 is 0 Å². The zero-order chi connectivity index (χ0) is 25.6. The van der Waals surface area contributed by atoms with E-state index in [-0.39, 0.29) is 17.9 Å². The number of carbonyl (C=O) groups excluding carboxylic acids is 2. The number of rotatable bonds is 5. The highest BCUT2D eigenvalue weighted by molar-refractivity contribution is 6.14. The molecule has 1 spiro atoms. The fourth-order valence-electron chi connectivity index (χ4n) is 6.77. The van der Waals surface area contributed by atoms with Crippen molar-refractivity contribution in [1.29, 1.82) is 0 Å². The SMILES string of the molecule is CC(C)C1CCN(c2ccc(Nc3ncc4c(n3)N(C3CCCC3)C(=O)[C@]3(CCNC3=O)C4)cc2)CC1. The normalized spacial score (nSPS) is 24.7. The average Bonchev–Trinajstić information content (AvgIpc) is 3.56. The average molecular weight is 503 g/mol. The van der Waals surface area contributed by atoms with Gasteiger partial charge in [-0.05, 0) is 68.2 Å². The molecular weight excluding hydrogens is 464 g/mol. The Kier molecular flexibility index (Phi) is 6.29. The first-order valence-corrected chi connectivity index (χ1v) is 14.0. The summed E-state index contributed by atoms with van der Waals surface area (Å²) < 4.78 is 0. The van der Waals surface area contributed by atoms with Crippen LogP contribution in [-0.2, 0) is 16.0 Å². The molecule has 3 fully saturated rings. The van der Waals surface area contributed by atoms with Crippen LogP contribution in [0.25, 0.3) is 0 Å². The minimum absolute atomic E-state index is 0.0860. The van der Waals surface area contributed by atoms with E-state index in [0.717, 1.165) is 61.9 Å². The first-order chi connectivity index (χ1) is 17.9. The van der Waals surface area contributed by atoms with Gasteiger partial charge in [-0.25, -0.2) is 4.98 Å². The van der Waals surface area contributed by atoms with E-state index in [4.69, 9.17) is 4.98 Å². The monoisotopic (exact) mass is 502 g/mol. The lowest BCUT2D eigenvalue weighted by Crippen LogP contribution is -2.56. The predicted octanol–water partition coefficient (Wildman–Crippen LogP) is 4.43. The number of carbonyl (C=O) groups is 2. The fourth-order valence-corrected chi connectivity index (χ4v) is 6.77. The molecule has 3 aliphatic heterocycles. The second kappa shape index (κ2) is 9.62. The van der Waals surface area contributed by atoms with E-state index in [1.165, 1.54) is 18.5 Å². The molecule has 2 saturated heterocycles. The van der Waals surface area contributed by atoms with E-state index < -0.39 is 5.41 Å². The first kappa shape index (κ1) is 24.2. The molecule has 2 amide bonds. The van der Waals surface area contributed by atoms with Crippen molar-refractivity contribution in [1.82, 2.24) is 15.3 Å². The quantitative estimate of drug-likeness (QED) is 0.588. The third-order valence-corrected chi connectivity index (χ3v) is 9.12. The fraction of sp³-hybridized carbons (Fsp3) is 0.586. The van der Waals surface area contributed by atoms with Crippen LogP contribution in [0.1, 0.15) is 64.4 Å². The van der Waals surface area contributed by atoms with Gasteiger partial charge in [0.25, 0.3) is 0 Å². The molecule has 8 nitrogen and oxygen atoms in total. The third-order valence-electron chi connectivity index (χ3n) is 9.12. The number of piperidine rings is 1. The highest BCUT2D eigenvalue weighted by atomic mass is 16.2. The van der Waals surface area contributed by atoms with Crippen molar-refractivity contribution >= 4 is 35.0 Å². The van der Waals surface area contributed by atoms with Crippen molar-refractivity contribution in [2.75, 3.05) is 34.8 Å². The van der Waals surface area contributed by atoms with E-state index in [2.05, 4.69) is 58.6 Å². The van der Waals surface area contributed by atoms with Crippen LogP contribution in [0.3, 0.4) is 0 Å². The topological polar surface area (TPSA) is 90.5 Å². The summed E-state index contributed by atoms with van der Waals surface area (Å²) >= 11 is 0. The molecule has 1 aromatic carbocycles. The lowest BCUT2D eigenvalue weighted by atomic mass is 9.76. The zero-order valence-electron chi connectivity index (χ0n) is 22.0. The molecule has 4 aliphatic rings. The molecule has 8 heteroatoms. The molecule has 2 aromatic rings. The molecule has 0 unspecified atom stereocenters. The summed E-state index contributed by atoms with van der Waals surface area (Å²) in [5.74, 6) is 2.49. The van der Waals surface area contributed by atoms with Gasteiger partial charge in [-0.15, -0.1) is 0 Å². The number of hydrogen-bond donors (Lipinski definition) is 2. The Labute approximate surface area is 219 Å². The summed E-state index contributed by atoms with van der Waals surface area (Å²) in [4.78, 5) is 40.4. The Morgan fingerprint density at radius 3 is 2.43 bits per heavy atom. The molecule has 0 bridgehead atoms. The summed E-state index contributed by atoms with van der Waals surface area (Å²) in [6.07, 6.45) is 9.31. The van der Waals surface area contributed by atoms with Crippen molar-refractivity contribution in [3.63, 3.8) is 0 Å². The predicted molar refractivity (Wildman–Crippen MR) is 145 cm³/mol. The second-order valence-electron chi connectivity index (χ2n) is 11.7.